The van der Waals surface area contributed by atoms with Crippen molar-refractivity contribution in [2.24, 2.45) is 16.7 Å². The summed E-state index contributed by atoms with van der Waals surface area (Å²) in [5.41, 5.74) is 1.95. The minimum atomic E-state index is 0.201. The maximum absolute atomic E-state index is 11.0. The summed E-state index contributed by atoms with van der Waals surface area (Å²) < 4.78 is 0. The molecule has 102 valence electrons. The van der Waals surface area contributed by atoms with Crippen molar-refractivity contribution in [1.29, 1.82) is 0 Å². The lowest BCUT2D eigenvalue weighted by atomic mass is 9.65. The summed E-state index contributed by atoms with van der Waals surface area (Å²) >= 11 is 0. The zero-order chi connectivity index (χ0) is 13.8. The standard InChI is InChI=1S/C17H22O2/c1-16(2)12-7-8-17(16,3)14(9-12)13-6-4-5-11(10-18)15(13)19/h4-6,10,12,14,19H,7-9H2,1-3H3/t12-,14+,17+/m0/s1. The van der Waals surface area contributed by atoms with E-state index in [0.29, 0.717) is 16.9 Å². The van der Waals surface area contributed by atoms with E-state index in [1.165, 1.54) is 12.8 Å². The molecule has 2 aliphatic carbocycles. The molecule has 3 rings (SSSR count). The van der Waals surface area contributed by atoms with E-state index >= 15 is 0 Å². The molecule has 2 nitrogen and oxygen atoms in total. The second kappa shape index (κ2) is 3.84. The summed E-state index contributed by atoms with van der Waals surface area (Å²) in [6, 6.07) is 5.57. The van der Waals surface area contributed by atoms with E-state index < -0.39 is 0 Å². The quantitative estimate of drug-likeness (QED) is 0.810. The molecule has 0 spiro atoms. The van der Waals surface area contributed by atoms with Crippen LogP contribution in [-0.2, 0) is 0 Å². The molecule has 0 heterocycles. The normalized spacial score (nSPS) is 35.5. The van der Waals surface area contributed by atoms with Gasteiger partial charge in [-0.1, -0.05) is 32.9 Å². The van der Waals surface area contributed by atoms with Gasteiger partial charge in [0.05, 0.1) is 5.56 Å². The monoisotopic (exact) mass is 258 g/mol. The van der Waals surface area contributed by atoms with E-state index in [4.69, 9.17) is 0 Å². The molecule has 0 aliphatic heterocycles. The Bertz CT molecular complexity index is 532. The molecular weight excluding hydrogens is 236 g/mol. The van der Waals surface area contributed by atoms with Crippen LogP contribution < -0.4 is 0 Å². The Morgan fingerprint density at radius 3 is 2.58 bits per heavy atom. The van der Waals surface area contributed by atoms with Crippen LogP contribution in [0.2, 0.25) is 0 Å². The van der Waals surface area contributed by atoms with Crippen molar-refractivity contribution in [2.75, 3.05) is 0 Å². The minimum Gasteiger partial charge on any atom is -0.507 e. The third-order valence-corrected chi connectivity index (χ3v) is 6.39. The van der Waals surface area contributed by atoms with Crippen LogP contribution in [0.25, 0.3) is 0 Å². The van der Waals surface area contributed by atoms with Gasteiger partial charge in [0, 0.05) is 0 Å². The number of phenolic OH excluding ortho intramolecular Hbond substituents is 1. The highest BCUT2D eigenvalue weighted by Crippen LogP contribution is 2.71. The Morgan fingerprint density at radius 1 is 1.32 bits per heavy atom. The van der Waals surface area contributed by atoms with E-state index in [1.807, 2.05) is 12.1 Å². The number of aldehydes is 1. The SMILES string of the molecule is CC1(C)[C@H]2CC[C@]1(C)[C@@H](c1cccc(C=O)c1O)C2. The lowest BCUT2D eigenvalue weighted by Crippen LogP contribution is -2.31. The summed E-state index contributed by atoms with van der Waals surface area (Å²) in [4.78, 5) is 11.0. The number of hydrogen-bond acceptors (Lipinski definition) is 2. The van der Waals surface area contributed by atoms with Gasteiger partial charge in [0.2, 0.25) is 0 Å². The van der Waals surface area contributed by atoms with Crippen molar-refractivity contribution in [1.82, 2.24) is 0 Å². The second-order valence-electron chi connectivity index (χ2n) is 7.07. The van der Waals surface area contributed by atoms with Gasteiger partial charge in [0.25, 0.3) is 0 Å². The van der Waals surface area contributed by atoms with Gasteiger partial charge in [-0.05, 0) is 53.6 Å². The fourth-order valence-electron chi connectivity index (χ4n) is 4.63. The average molecular weight is 258 g/mol. The Morgan fingerprint density at radius 2 is 2.05 bits per heavy atom. The highest BCUT2D eigenvalue weighted by atomic mass is 16.3. The fourth-order valence-corrected chi connectivity index (χ4v) is 4.63. The van der Waals surface area contributed by atoms with Gasteiger partial charge in [-0.15, -0.1) is 0 Å². The zero-order valence-electron chi connectivity index (χ0n) is 11.9. The summed E-state index contributed by atoms with van der Waals surface area (Å²) in [5.74, 6) is 1.31. The van der Waals surface area contributed by atoms with Crippen LogP contribution in [-0.4, -0.2) is 11.4 Å². The molecule has 2 saturated carbocycles. The number of hydrogen-bond donors (Lipinski definition) is 1. The van der Waals surface area contributed by atoms with E-state index in [0.717, 1.165) is 24.2 Å². The zero-order valence-corrected chi connectivity index (χ0v) is 11.9. The molecule has 0 aromatic heterocycles. The number of aromatic hydroxyl groups is 1. The predicted molar refractivity (Wildman–Crippen MR) is 75.5 cm³/mol. The highest BCUT2D eigenvalue weighted by molar-refractivity contribution is 5.80. The minimum absolute atomic E-state index is 0.201. The summed E-state index contributed by atoms with van der Waals surface area (Å²) in [6.45, 7) is 7.09. The molecule has 1 N–H and O–H groups in total. The van der Waals surface area contributed by atoms with E-state index in [9.17, 15) is 9.90 Å². The Labute approximate surface area is 114 Å². The van der Waals surface area contributed by atoms with Crippen LogP contribution in [0.4, 0.5) is 0 Å². The molecule has 2 heteroatoms. The number of benzene rings is 1. The van der Waals surface area contributed by atoms with Crippen LogP contribution >= 0.6 is 0 Å². The number of carbonyl (C=O) groups is 1. The van der Waals surface area contributed by atoms with Crippen LogP contribution in [0.15, 0.2) is 18.2 Å². The first-order valence-corrected chi connectivity index (χ1v) is 7.19. The van der Waals surface area contributed by atoms with Crippen molar-refractivity contribution in [3.05, 3.63) is 29.3 Å². The topological polar surface area (TPSA) is 37.3 Å². The molecule has 0 unspecified atom stereocenters. The number of para-hydroxylation sites is 1. The summed E-state index contributed by atoms with van der Waals surface area (Å²) in [5, 5.41) is 10.3. The van der Waals surface area contributed by atoms with E-state index in [-0.39, 0.29) is 11.2 Å². The van der Waals surface area contributed by atoms with Gasteiger partial charge in [0.1, 0.15) is 5.75 Å². The summed E-state index contributed by atoms with van der Waals surface area (Å²) in [7, 11) is 0. The Kier molecular flexibility index (Phi) is 2.57. The largest absolute Gasteiger partial charge is 0.507 e. The lowest BCUT2D eigenvalue weighted by molar-refractivity contribution is 0.111. The molecule has 19 heavy (non-hydrogen) atoms. The third-order valence-electron chi connectivity index (χ3n) is 6.39. The molecule has 0 saturated heterocycles. The first kappa shape index (κ1) is 12.7. The summed E-state index contributed by atoms with van der Waals surface area (Å²) in [6.07, 6.45) is 4.41. The number of carbonyl (C=O) groups excluding carboxylic acids is 1. The lowest BCUT2D eigenvalue weighted by Gasteiger charge is -2.39. The first-order chi connectivity index (χ1) is 8.91. The second-order valence-corrected chi connectivity index (χ2v) is 7.07. The van der Waals surface area contributed by atoms with Crippen molar-refractivity contribution in [3.8, 4) is 5.75 Å². The third kappa shape index (κ3) is 1.46. The fraction of sp³-hybridized carbons (Fsp3) is 0.588. The van der Waals surface area contributed by atoms with Gasteiger partial charge in [0.15, 0.2) is 6.29 Å². The van der Waals surface area contributed by atoms with Gasteiger partial charge in [-0.25, -0.2) is 0 Å². The Hall–Kier alpha value is -1.31. The maximum atomic E-state index is 11.0. The van der Waals surface area contributed by atoms with Gasteiger partial charge < -0.3 is 5.11 Å². The molecular formula is C17H22O2. The van der Waals surface area contributed by atoms with Crippen molar-refractivity contribution >= 4 is 6.29 Å². The molecule has 2 aliphatic rings. The van der Waals surface area contributed by atoms with Crippen LogP contribution in [0.5, 0.6) is 5.75 Å². The van der Waals surface area contributed by atoms with Crippen molar-refractivity contribution < 1.29 is 9.90 Å². The molecule has 1 aromatic rings. The molecule has 2 fully saturated rings. The predicted octanol–water partition coefficient (Wildman–Crippen LogP) is 4.13. The number of fused-ring (bicyclic) bond motifs is 2. The van der Waals surface area contributed by atoms with Crippen LogP contribution in [0, 0.1) is 16.7 Å². The highest BCUT2D eigenvalue weighted by Gasteiger charge is 2.61. The van der Waals surface area contributed by atoms with Gasteiger partial charge >= 0.3 is 0 Å². The number of rotatable bonds is 2. The molecule has 2 bridgehead atoms. The smallest absolute Gasteiger partial charge is 0.153 e. The average Bonchev–Trinajstić information content (AvgIpc) is 2.71. The first-order valence-electron chi connectivity index (χ1n) is 7.19. The van der Waals surface area contributed by atoms with Crippen molar-refractivity contribution in [2.45, 2.75) is 46.0 Å². The van der Waals surface area contributed by atoms with Gasteiger partial charge in [-0.2, -0.15) is 0 Å². The van der Waals surface area contributed by atoms with Crippen LogP contribution in [0.3, 0.4) is 0 Å². The van der Waals surface area contributed by atoms with E-state index in [1.54, 1.807) is 6.07 Å². The number of phenols is 1. The van der Waals surface area contributed by atoms with Crippen molar-refractivity contribution in [3.63, 3.8) is 0 Å². The Balaban J connectivity index is 2.08. The molecule has 3 atom stereocenters. The molecule has 1 aromatic carbocycles. The molecule has 0 amide bonds. The van der Waals surface area contributed by atoms with Gasteiger partial charge in [-0.3, -0.25) is 4.79 Å². The maximum Gasteiger partial charge on any atom is 0.153 e. The van der Waals surface area contributed by atoms with Crippen LogP contribution in [0.1, 0.15) is 61.9 Å². The molecule has 0 radical (unpaired) electrons. The van der Waals surface area contributed by atoms with E-state index in [2.05, 4.69) is 20.8 Å².